The highest BCUT2D eigenvalue weighted by atomic mass is 32.1. The number of quaternary nitrogens is 1. The van der Waals surface area contributed by atoms with Gasteiger partial charge >= 0.3 is 0 Å². The number of likely N-dealkylation sites (N-methyl/N-ethyl adjacent to an activating group) is 1. The highest BCUT2D eigenvalue weighted by Crippen LogP contribution is 2.22. The lowest BCUT2D eigenvalue weighted by Crippen LogP contribution is -3.07. The Morgan fingerprint density at radius 3 is 2.58 bits per heavy atom. The Hall–Kier alpha value is -2.11. The molecule has 128 valence electrons. The van der Waals surface area contributed by atoms with Gasteiger partial charge in [-0.2, -0.15) is 0 Å². The number of hydrogen-bond donors (Lipinski definition) is 3. The Balaban J connectivity index is 2.02. The maximum Gasteiger partial charge on any atom is 0.171 e. The number of thiocarbonyl (C=S) groups is 1. The summed E-state index contributed by atoms with van der Waals surface area (Å²) in [5, 5.41) is 7.19. The molecule has 2 aromatic carbocycles. The summed E-state index contributed by atoms with van der Waals surface area (Å²) in [6.07, 6.45) is 0. The van der Waals surface area contributed by atoms with Crippen molar-refractivity contribution in [2.75, 3.05) is 33.1 Å². The molecular weight excluding hydrogens is 318 g/mol. The highest BCUT2D eigenvalue weighted by Gasteiger charge is 2.21. The number of nitrogens with one attached hydrogen (secondary N) is 3. The van der Waals surface area contributed by atoms with E-state index in [-0.39, 0.29) is 6.04 Å². The van der Waals surface area contributed by atoms with Crippen molar-refractivity contribution in [1.82, 2.24) is 5.32 Å². The van der Waals surface area contributed by atoms with Gasteiger partial charge in [0.05, 0.1) is 33.3 Å². The van der Waals surface area contributed by atoms with Crippen LogP contribution >= 0.6 is 12.2 Å². The van der Waals surface area contributed by atoms with Gasteiger partial charge in [0.25, 0.3) is 0 Å². The van der Waals surface area contributed by atoms with Crippen molar-refractivity contribution in [3.63, 3.8) is 0 Å². The molecule has 2 rings (SSSR count). The number of rotatable bonds is 6. The van der Waals surface area contributed by atoms with Crippen molar-refractivity contribution in [1.29, 1.82) is 0 Å². The number of para-hydroxylation sites is 1. The van der Waals surface area contributed by atoms with Crippen LogP contribution in [0.15, 0.2) is 48.5 Å². The number of hydrogen-bond acceptors (Lipinski definition) is 2. The third-order valence-corrected chi connectivity index (χ3v) is 4.20. The Labute approximate surface area is 149 Å². The fourth-order valence-corrected chi connectivity index (χ4v) is 2.87. The Kier molecular flexibility index (Phi) is 6.58. The zero-order chi connectivity index (χ0) is 17.5. The Morgan fingerprint density at radius 1 is 1.17 bits per heavy atom. The van der Waals surface area contributed by atoms with Crippen LogP contribution in [0.4, 0.5) is 5.69 Å². The van der Waals surface area contributed by atoms with Crippen molar-refractivity contribution < 1.29 is 9.64 Å². The standard InChI is InChI=1S/C19H25N3OS/c1-14-8-7-9-15(12-14)21-19(24)20-13-17(22(2)3)16-10-5-6-11-18(16)23-4/h5-12,17H,13H2,1-4H3,(H2,20,21,24)/p+1/t17-/m1/s1. The number of benzene rings is 2. The van der Waals surface area contributed by atoms with Gasteiger partial charge in [-0.3, -0.25) is 0 Å². The van der Waals surface area contributed by atoms with Crippen LogP contribution in [-0.2, 0) is 0 Å². The van der Waals surface area contributed by atoms with E-state index in [1.807, 2.05) is 30.3 Å². The molecule has 0 aliphatic rings. The molecule has 0 heterocycles. The number of aryl methyl sites for hydroxylation is 1. The van der Waals surface area contributed by atoms with Crippen LogP contribution in [0.25, 0.3) is 0 Å². The van der Waals surface area contributed by atoms with Gasteiger partial charge in [-0.25, -0.2) is 0 Å². The molecule has 0 spiro atoms. The van der Waals surface area contributed by atoms with Gasteiger partial charge in [0.2, 0.25) is 0 Å². The second-order valence-corrected chi connectivity index (χ2v) is 6.48. The van der Waals surface area contributed by atoms with Gasteiger partial charge in [0.15, 0.2) is 5.11 Å². The van der Waals surface area contributed by atoms with Gasteiger partial charge < -0.3 is 20.3 Å². The molecule has 0 fully saturated rings. The molecule has 0 aliphatic carbocycles. The quantitative estimate of drug-likeness (QED) is 0.702. The van der Waals surface area contributed by atoms with Crippen molar-refractivity contribution in [2.45, 2.75) is 13.0 Å². The molecule has 0 bridgehead atoms. The van der Waals surface area contributed by atoms with Gasteiger partial charge in [-0.05, 0) is 49.0 Å². The summed E-state index contributed by atoms with van der Waals surface area (Å²) in [5.41, 5.74) is 3.37. The summed E-state index contributed by atoms with van der Waals surface area (Å²) in [7, 11) is 5.98. The lowest BCUT2D eigenvalue weighted by molar-refractivity contribution is -0.890. The molecule has 0 radical (unpaired) electrons. The molecule has 1 atom stereocenters. The summed E-state index contributed by atoms with van der Waals surface area (Å²) >= 11 is 5.43. The molecule has 0 aliphatic heterocycles. The molecule has 4 nitrogen and oxygen atoms in total. The van der Waals surface area contributed by atoms with Crippen molar-refractivity contribution in [3.8, 4) is 5.75 Å². The van der Waals surface area contributed by atoms with Crippen LogP contribution in [-0.4, -0.2) is 32.9 Å². The molecule has 0 unspecified atom stereocenters. The molecule has 3 N–H and O–H groups in total. The van der Waals surface area contributed by atoms with Crippen LogP contribution < -0.4 is 20.3 Å². The van der Waals surface area contributed by atoms with E-state index in [0.29, 0.717) is 5.11 Å². The van der Waals surface area contributed by atoms with Gasteiger partial charge in [-0.15, -0.1) is 0 Å². The van der Waals surface area contributed by atoms with E-state index in [0.717, 1.165) is 18.0 Å². The predicted molar refractivity (Wildman–Crippen MR) is 104 cm³/mol. The van der Waals surface area contributed by atoms with E-state index < -0.39 is 0 Å². The number of methoxy groups -OCH3 is 1. The molecule has 0 amide bonds. The van der Waals surface area contributed by atoms with Crippen LogP contribution in [0.1, 0.15) is 17.2 Å². The van der Waals surface area contributed by atoms with Crippen LogP contribution in [0.3, 0.4) is 0 Å². The van der Waals surface area contributed by atoms with E-state index >= 15 is 0 Å². The first-order chi connectivity index (χ1) is 11.5. The van der Waals surface area contributed by atoms with Crippen molar-refractivity contribution in [2.24, 2.45) is 0 Å². The van der Waals surface area contributed by atoms with Crippen LogP contribution in [0, 0.1) is 6.92 Å². The second-order valence-electron chi connectivity index (χ2n) is 6.08. The second kappa shape index (κ2) is 8.66. The molecule has 24 heavy (non-hydrogen) atoms. The van der Waals surface area contributed by atoms with E-state index in [4.69, 9.17) is 17.0 Å². The molecule has 5 heteroatoms. The van der Waals surface area contributed by atoms with Crippen LogP contribution in [0.2, 0.25) is 0 Å². The predicted octanol–water partition coefficient (Wildman–Crippen LogP) is 2.18. The lowest BCUT2D eigenvalue weighted by atomic mass is 10.0. The maximum atomic E-state index is 5.50. The van der Waals surface area contributed by atoms with E-state index in [1.54, 1.807) is 7.11 Å². The summed E-state index contributed by atoms with van der Waals surface area (Å²) < 4.78 is 5.50. The SMILES string of the molecule is COc1ccccc1[C@@H](CNC(=S)Nc1cccc(C)c1)[NH+](C)C. The minimum Gasteiger partial charge on any atom is -0.496 e. The third kappa shape index (κ3) is 4.94. The monoisotopic (exact) mass is 344 g/mol. The summed E-state index contributed by atoms with van der Waals surface area (Å²) in [6.45, 7) is 2.79. The smallest absolute Gasteiger partial charge is 0.171 e. The molecular formula is C19H26N3OS+. The Morgan fingerprint density at radius 2 is 1.92 bits per heavy atom. The summed E-state index contributed by atoms with van der Waals surface area (Å²) in [4.78, 5) is 1.31. The number of anilines is 1. The minimum absolute atomic E-state index is 0.235. The van der Waals surface area contributed by atoms with Gasteiger partial charge in [0.1, 0.15) is 11.8 Å². The maximum absolute atomic E-state index is 5.50. The van der Waals surface area contributed by atoms with Crippen molar-refractivity contribution in [3.05, 3.63) is 59.7 Å². The summed E-state index contributed by atoms with van der Waals surface area (Å²) in [5.74, 6) is 0.906. The fourth-order valence-electron chi connectivity index (χ4n) is 2.67. The van der Waals surface area contributed by atoms with E-state index in [9.17, 15) is 0 Å². The average molecular weight is 345 g/mol. The van der Waals surface area contributed by atoms with Crippen LogP contribution in [0.5, 0.6) is 5.75 Å². The number of ether oxygens (including phenoxy) is 1. The normalized spacial score (nSPS) is 11.9. The van der Waals surface area contributed by atoms with Crippen molar-refractivity contribution >= 4 is 23.0 Å². The third-order valence-electron chi connectivity index (χ3n) is 3.95. The first-order valence-corrected chi connectivity index (χ1v) is 8.46. The van der Waals surface area contributed by atoms with E-state index in [2.05, 4.69) is 49.9 Å². The summed E-state index contributed by atoms with van der Waals surface area (Å²) in [6, 6.07) is 16.5. The highest BCUT2D eigenvalue weighted by molar-refractivity contribution is 7.80. The topological polar surface area (TPSA) is 37.7 Å². The minimum atomic E-state index is 0.235. The lowest BCUT2D eigenvalue weighted by Gasteiger charge is -2.24. The first-order valence-electron chi connectivity index (χ1n) is 8.05. The Bertz CT molecular complexity index is 688. The van der Waals surface area contributed by atoms with Gasteiger partial charge in [0, 0.05) is 5.69 Å². The first kappa shape index (κ1) is 18.2. The van der Waals surface area contributed by atoms with Gasteiger partial charge in [-0.1, -0.05) is 24.3 Å². The molecule has 0 saturated carbocycles. The zero-order valence-corrected chi connectivity index (χ0v) is 15.5. The molecule has 2 aromatic rings. The fraction of sp³-hybridized carbons (Fsp3) is 0.316. The molecule has 0 saturated heterocycles. The largest absolute Gasteiger partial charge is 0.496 e. The molecule has 0 aromatic heterocycles. The van der Waals surface area contributed by atoms with E-state index in [1.165, 1.54) is 16.0 Å². The zero-order valence-electron chi connectivity index (χ0n) is 14.7. The average Bonchev–Trinajstić information content (AvgIpc) is 2.55.